The fourth-order valence-electron chi connectivity index (χ4n) is 6.92. The molecule has 5 rings (SSSR count). The largest absolute Gasteiger partial charge is 0.465 e. The summed E-state index contributed by atoms with van der Waals surface area (Å²) in [7, 11) is 0. The van der Waals surface area contributed by atoms with Gasteiger partial charge in [0.25, 0.3) is 0 Å². The highest BCUT2D eigenvalue weighted by Crippen LogP contribution is 2.69. The zero-order valence-electron chi connectivity index (χ0n) is 21.5. The van der Waals surface area contributed by atoms with E-state index in [0.29, 0.717) is 12.2 Å². The first kappa shape index (κ1) is 25.7. The smallest absolute Gasteiger partial charge is 0.338 e. The second kappa shape index (κ2) is 9.10. The molecule has 8 heteroatoms. The highest BCUT2D eigenvalue weighted by atomic mass is 16.6. The second-order valence-electron chi connectivity index (χ2n) is 11.2. The molecule has 37 heavy (non-hydrogen) atoms. The monoisotopic (exact) mass is 510 g/mol. The van der Waals surface area contributed by atoms with Gasteiger partial charge in [0.2, 0.25) is 0 Å². The van der Waals surface area contributed by atoms with Crippen molar-refractivity contribution in [3.8, 4) is 0 Å². The number of aliphatic hydroxyl groups is 1. The fourth-order valence-corrected chi connectivity index (χ4v) is 6.92. The van der Waals surface area contributed by atoms with E-state index in [2.05, 4.69) is 0 Å². The third-order valence-corrected chi connectivity index (χ3v) is 9.18. The van der Waals surface area contributed by atoms with Crippen LogP contribution in [0, 0.1) is 16.7 Å². The summed E-state index contributed by atoms with van der Waals surface area (Å²) in [5.41, 5.74) is -2.45. The molecule has 1 aromatic rings. The average molecular weight is 511 g/mol. The lowest BCUT2D eigenvalue weighted by atomic mass is 9.42. The van der Waals surface area contributed by atoms with Crippen LogP contribution in [0.1, 0.15) is 56.8 Å². The molecule has 1 N–H and O–H groups in total. The molecule has 0 radical (unpaired) electrons. The van der Waals surface area contributed by atoms with Gasteiger partial charge in [-0.3, -0.25) is 4.79 Å². The lowest BCUT2D eigenvalue weighted by Gasteiger charge is -2.64. The van der Waals surface area contributed by atoms with Gasteiger partial charge in [0.05, 0.1) is 23.2 Å². The Bertz CT molecular complexity index is 1150. The van der Waals surface area contributed by atoms with Crippen molar-refractivity contribution in [1.82, 2.24) is 0 Å². The van der Waals surface area contributed by atoms with E-state index in [4.69, 9.17) is 18.9 Å². The number of fused-ring (bicyclic) bond motifs is 2. The van der Waals surface area contributed by atoms with Gasteiger partial charge in [0.15, 0.2) is 0 Å². The number of carbonyl (C=O) groups excluding carboxylic acids is 3. The number of hydrogen-bond donors (Lipinski definition) is 1. The van der Waals surface area contributed by atoms with Gasteiger partial charge < -0.3 is 24.1 Å². The second-order valence-corrected chi connectivity index (χ2v) is 11.2. The molecule has 1 aromatic carbocycles. The summed E-state index contributed by atoms with van der Waals surface area (Å²) in [6.07, 6.45) is 6.93. The van der Waals surface area contributed by atoms with Crippen molar-refractivity contribution >= 4 is 17.9 Å². The molecule has 1 spiro atoms. The molecule has 0 amide bonds. The first-order chi connectivity index (χ1) is 17.5. The van der Waals surface area contributed by atoms with Gasteiger partial charge in [-0.25, -0.2) is 9.59 Å². The van der Waals surface area contributed by atoms with Crippen LogP contribution in [-0.4, -0.2) is 60.1 Å². The summed E-state index contributed by atoms with van der Waals surface area (Å²) in [5.74, 6) is -1.55. The summed E-state index contributed by atoms with van der Waals surface area (Å²) in [6.45, 7) is 5.79. The Balaban J connectivity index is 1.60. The number of rotatable bonds is 6. The normalized spacial score (nSPS) is 38.6. The van der Waals surface area contributed by atoms with Crippen LogP contribution in [0.4, 0.5) is 0 Å². The van der Waals surface area contributed by atoms with E-state index in [1.807, 2.05) is 25.1 Å². The average Bonchev–Trinajstić information content (AvgIpc) is 3.51. The van der Waals surface area contributed by atoms with Crippen LogP contribution in [0.15, 0.2) is 54.1 Å². The van der Waals surface area contributed by atoms with E-state index in [-0.39, 0.29) is 31.5 Å². The molecule has 2 aliphatic carbocycles. The van der Waals surface area contributed by atoms with Crippen molar-refractivity contribution in [1.29, 1.82) is 0 Å². The number of hydrogen-bond acceptors (Lipinski definition) is 8. The topological polar surface area (TPSA) is 112 Å². The summed E-state index contributed by atoms with van der Waals surface area (Å²) in [6, 6.07) is 8.74. The van der Waals surface area contributed by atoms with E-state index < -0.39 is 40.1 Å². The third-order valence-electron chi connectivity index (χ3n) is 9.18. The molecule has 6 atom stereocenters. The lowest BCUT2D eigenvalue weighted by Crippen LogP contribution is -2.71. The van der Waals surface area contributed by atoms with Crippen molar-refractivity contribution in [2.24, 2.45) is 16.7 Å². The number of carbonyl (C=O) groups is 3. The minimum Gasteiger partial charge on any atom is -0.465 e. The van der Waals surface area contributed by atoms with Crippen LogP contribution >= 0.6 is 0 Å². The highest BCUT2D eigenvalue weighted by Gasteiger charge is 2.77. The van der Waals surface area contributed by atoms with E-state index in [0.717, 1.165) is 24.8 Å². The zero-order valence-corrected chi connectivity index (χ0v) is 21.5. The Morgan fingerprint density at radius 1 is 1.22 bits per heavy atom. The van der Waals surface area contributed by atoms with Gasteiger partial charge in [-0.2, -0.15) is 0 Å². The van der Waals surface area contributed by atoms with Crippen LogP contribution in [0.25, 0.3) is 0 Å². The number of ether oxygens (including phenoxy) is 4. The maximum absolute atomic E-state index is 13.3. The third kappa shape index (κ3) is 4.20. The minimum absolute atomic E-state index is 0.0174. The Morgan fingerprint density at radius 2 is 1.95 bits per heavy atom. The summed E-state index contributed by atoms with van der Waals surface area (Å²) in [4.78, 5) is 37.0. The predicted octanol–water partition coefficient (Wildman–Crippen LogP) is 3.53. The SMILES string of the molecule is CC(=O)OCC12C(OC(=O)c3ccccc3)CC(C)(O)C(C)(C=CC3=CC(=O)OC3)C1CCCC21CO1. The van der Waals surface area contributed by atoms with Gasteiger partial charge >= 0.3 is 17.9 Å². The first-order valence-corrected chi connectivity index (χ1v) is 12.9. The van der Waals surface area contributed by atoms with Crippen molar-refractivity contribution in [3.63, 3.8) is 0 Å². The molecule has 2 heterocycles. The van der Waals surface area contributed by atoms with Crippen LogP contribution in [-0.2, 0) is 28.5 Å². The predicted molar refractivity (Wildman–Crippen MR) is 132 cm³/mol. The molecule has 4 aliphatic rings. The molecular weight excluding hydrogens is 476 g/mol. The van der Waals surface area contributed by atoms with E-state index in [1.165, 1.54) is 13.0 Å². The molecule has 2 aliphatic heterocycles. The molecule has 2 saturated carbocycles. The van der Waals surface area contributed by atoms with E-state index >= 15 is 0 Å². The van der Waals surface area contributed by atoms with Crippen LogP contribution in [0.3, 0.4) is 0 Å². The number of cyclic esters (lactones) is 1. The highest BCUT2D eigenvalue weighted by molar-refractivity contribution is 5.89. The molecule has 3 fully saturated rings. The molecule has 198 valence electrons. The Hall–Kier alpha value is -2.97. The van der Waals surface area contributed by atoms with Crippen molar-refractivity contribution in [2.45, 2.75) is 63.8 Å². The first-order valence-electron chi connectivity index (χ1n) is 12.9. The van der Waals surface area contributed by atoms with Crippen LogP contribution in [0.2, 0.25) is 0 Å². The van der Waals surface area contributed by atoms with Gasteiger partial charge in [0.1, 0.15) is 24.9 Å². The standard InChI is InChI=1S/C29H34O8/c1-19(30)35-18-29-22(10-7-12-28(29)17-36-28)26(2,13-11-20-14-24(31)34-16-20)27(3,33)15-23(29)37-25(32)21-8-5-4-6-9-21/h4-6,8-9,11,13-14,22-23,33H,7,10,12,15-18H2,1-3H3. The van der Waals surface area contributed by atoms with Gasteiger partial charge in [-0.05, 0) is 43.4 Å². The van der Waals surface area contributed by atoms with Crippen molar-refractivity contribution in [2.75, 3.05) is 19.8 Å². The summed E-state index contributed by atoms with van der Waals surface area (Å²) >= 11 is 0. The van der Waals surface area contributed by atoms with E-state index in [1.54, 1.807) is 31.2 Å². The Labute approximate surface area is 216 Å². The number of benzene rings is 1. The lowest BCUT2D eigenvalue weighted by molar-refractivity contribution is -0.247. The quantitative estimate of drug-likeness (QED) is 0.352. The number of esters is 3. The fraction of sp³-hybridized carbons (Fsp3) is 0.552. The molecule has 8 nitrogen and oxygen atoms in total. The molecule has 0 aromatic heterocycles. The molecule has 1 saturated heterocycles. The molecule has 6 unspecified atom stereocenters. The Morgan fingerprint density at radius 3 is 2.57 bits per heavy atom. The Kier molecular flexibility index (Phi) is 6.31. The molecule has 0 bridgehead atoms. The number of epoxide rings is 1. The van der Waals surface area contributed by atoms with Crippen LogP contribution in [0.5, 0.6) is 0 Å². The van der Waals surface area contributed by atoms with Gasteiger partial charge in [-0.15, -0.1) is 0 Å². The van der Waals surface area contributed by atoms with Gasteiger partial charge in [-0.1, -0.05) is 43.7 Å². The van der Waals surface area contributed by atoms with Crippen LogP contribution < -0.4 is 0 Å². The molecular formula is C29H34O8. The minimum atomic E-state index is -1.28. The maximum atomic E-state index is 13.3. The van der Waals surface area contributed by atoms with Gasteiger partial charge in [0, 0.05) is 24.8 Å². The summed E-state index contributed by atoms with van der Waals surface area (Å²) in [5, 5.41) is 12.0. The van der Waals surface area contributed by atoms with E-state index in [9.17, 15) is 19.5 Å². The zero-order chi connectivity index (χ0) is 26.5. The van der Waals surface area contributed by atoms with Crippen molar-refractivity contribution < 1.29 is 38.4 Å². The maximum Gasteiger partial charge on any atom is 0.338 e. The van der Waals surface area contributed by atoms with Crippen molar-refractivity contribution in [3.05, 3.63) is 59.7 Å². The summed E-state index contributed by atoms with van der Waals surface area (Å²) < 4.78 is 23.1.